The summed E-state index contributed by atoms with van der Waals surface area (Å²) < 4.78 is 0. The number of aromatic carboxylic acids is 1. The molecule has 0 N–H and O–H groups in total. The fraction of sp³-hybridized carbons (Fsp3) is 0.222. The number of hydrogen-bond donors (Lipinski definition) is 0. The molecule has 0 aliphatic rings. The molecule has 64 valence electrons. The second kappa shape index (κ2) is 4.16. The summed E-state index contributed by atoms with van der Waals surface area (Å²) >= 11 is 1.66. The quantitative estimate of drug-likeness (QED) is 0.696. The molecule has 0 radical (unpaired) electrons. The van der Waals surface area contributed by atoms with Crippen molar-refractivity contribution < 1.29 is 9.90 Å². The topological polar surface area (TPSA) is 40.1 Å². The van der Waals surface area contributed by atoms with Crippen LogP contribution in [0.1, 0.15) is 15.9 Å². The minimum Gasteiger partial charge on any atom is -0.545 e. The molecule has 0 saturated heterocycles. The van der Waals surface area contributed by atoms with Crippen LogP contribution in [0.25, 0.3) is 0 Å². The van der Waals surface area contributed by atoms with Crippen LogP contribution in [0.5, 0.6) is 0 Å². The molecule has 1 aromatic rings. The highest BCUT2D eigenvalue weighted by molar-refractivity contribution is 7.97. The van der Waals surface area contributed by atoms with Crippen molar-refractivity contribution in [2.24, 2.45) is 0 Å². The zero-order valence-corrected chi connectivity index (χ0v) is 7.56. The number of carbonyl (C=O) groups excluding carboxylic acids is 1. The summed E-state index contributed by atoms with van der Waals surface area (Å²) in [6, 6.07) is 6.82. The average molecular weight is 181 g/mol. The summed E-state index contributed by atoms with van der Waals surface area (Å²) in [5.41, 5.74) is 1.27. The van der Waals surface area contributed by atoms with Crippen LogP contribution in [0.3, 0.4) is 0 Å². The van der Waals surface area contributed by atoms with Crippen molar-refractivity contribution in [3.63, 3.8) is 0 Å². The molecule has 12 heavy (non-hydrogen) atoms. The van der Waals surface area contributed by atoms with Gasteiger partial charge in [0, 0.05) is 5.75 Å². The second-order valence-electron chi connectivity index (χ2n) is 2.42. The molecule has 0 spiro atoms. The van der Waals surface area contributed by atoms with Gasteiger partial charge in [-0.05, 0) is 23.4 Å². The molecule has 0 saturated carbocycles. The lowest BCUT2D eigenvalue weighted by atomic mass is 10.1. The molecule has 2 nitrogen and oxygen atoms in total. The molecule has 0 atom stereocenters. The van der Waals surface area contributed by atoms with Crippen LogP contribution in [-0.4, -0.2) is 12.2 Å². The summed E-state index contributed by atoms with van der Waals surface area (Å²) in [6.45, 7) is 0. The zero-order chi connectivity index (χ0) is 8.97. The molecule has 0 heterocycles. The molecule has 0 aliphatic carbocycles. The maximum Gasteiger partial charge on any atom is 0.0715 e. The molecule has 3 heteroatoms. The molecule has 1 rings (SSSR count). The van der Waals surface area contributed by atoms with Crippen LogP contribution >= 0.6 is 11.8 Å². The molecule has 1 aromatic carbocycles. The highest BCUT2D eigenvalue weighted by Crippen LogP contribution is 2.10. The zero-order valence-electron chi connectivity index (χ0n) is 6.74. The number of thioether (sulfide) groups is 1. The van der Waals surface area contributed by atoms with Crippen LogP contribution in [0.15, 0.2) is 24.3 Å². The van der Waals surface area contributed by atoms with Crippen LogP contribution in [0.4, 0.5) is 0 Å². The van der Waals surface area contributed by atoms with E-state index < -0.39 is 5.97 Å². The Labute approximate surface area is 75.6 Å². The van der Waals surface area contributed by atoms with Crippen molar-refractivity contribution in [2.75, 3.05) is 6.26 Å². The number of rotatable bonds is 3. The van der Waals surface area contributed by atoms with E-state index in [1.54, 1.807) is 30.0 Å². The van der Waals surface area contributed by atoms with Crippen molar-refractivity contribution in [3.05, 3.63) is 35.4 Å². The Morgan fingerprint density at radius 1 is 1.58 bits per heavy atom. The Bertz CT molecular complexity index is 284. The van der Waals surface area contributed by atoms with E-state index in [1.165, 1.54) is 0 Å². The van der Waals surface area contributed by atoms with Crippen molar-refractivity contribution >= 4 is 17.7 Å². The Morgan fingerprint density at radius 2 is 2.33 bits per heavy atom. The van der Waals surface area contributed by atoms with Gasteiger partial charge in [-0.3, -0.25) is 0 Å². The monoisotopic (exact) mass is 181 g/mol. The highest BCUT2D eigenvalue weighted by atomic mass is 32.2. The minimum absolute atomic E-state index is 0.251. The van der Waals surface area contributed by atoms with Crippen LogP contribution < -0.4 is 5.11 Å². The predicted molar refractivity (Wildman–Crippen MR) is 48.0 cm³/mol. The van der Waals surface area contributed by atoms with Crippen molar-refractivity contribution in [3.8, 4) is 0 Å². The van der Waals surface area contributed by atoms with Gasteiger partial charge in [0.05, 0.1) is 5.97 Å². The second-order valence-corrected chi connectivity index (χ2v) is 3.29. The maximum absolute atomic E-state index is 10.4. The molecule has 0 fully saturated rings. The van der Waals surface area contributed by atoms with E-state index in [4.69, 9.17) is 0 Å². The van der Waals surface area contributed by atoms with Gasteiger partial charge in [0.25, 0.3) is 0 Å². The summed E-state index contributed by atoms with van der Waals surface area (Å²) in [6.07, 6.45) is 1.98. The van der Waals surface area contributed by atoms with Crippen molar-refractivity contribution in [1.82, 2.24) is 0 Å². The van der Waals surface area contributed by atoms with E-state index in [9.17, 15) is 9.90 Å². The maximum atomic E-state index is 10.4. The summed E-state index contributed by atoms with van der Waals surface area (Å²) in [4.78, 5) is 10.4. The fourth-order valence-corrected chi connectivity index (χ4v) is 1.47. The average Bonchev–Trinajstić information content (AvgIpc) is 2.05. The van der Waals surface area contributed by atoms with E-state index in [2.05, 4.69) is 0 Å². The third-order valence-electron chi connectivity index (χ3n) is 1.47. The smallest absolute Gasteiger partial charge is 0.0715 e. The standard InChI is InChI=1S/C9H10O2S/c1-12-6-7-3-2-4-8(5-7)9(10)11/h2-5H,6H2,1H3,(H,10,11)/p-1. The number of benzene rings is 1. The van der Waals surface area contributed by atoms with Crippen LogP contribution in [0, 0.1) is 0 Å². The fourth-order valence-electron chi connectivity index (χ4n) is 0.955. The highest BCUT2D eigenvalue weighted by Gasteiger charge is 1.94. The van der Waals surface area contributed by atoms with E-state index in [0.717, 1.165) is 11.3 Å². The van der Waals surface area contributed by atoms with Gasteiger partial charge in [-0.25, -0.2) is 0 Å². The number of carboxylic acids is 1. The summed E-state index contributed by atoms with van der Waals surface area (Å²) in [5, 5.41) is 10.4. The van der Waals surface area contributed by atoms with Crippen LogP contribution in [-0.2, 0) is 5.75 Å². The number of carboxylic acid groups (broad SMARTS) is 1. The summed E-state index contributed by atoms with van der Waals surface area (Å²) in [5.74, 6) is -0.279. The first-order valence-electron chi connectivity index (χ1n) is 3.53. The van der Waals surface area contributed by atoms with E-state index in [-0.39, 0.29) is 5.56 Å². The Kier molecular flexibility index (Phi) is 3.17. The lowest BCUT2D eigenvalue weighted by molar-refractivity contribution is -0.255. The van der Waals surface area contributed by atoms with Gasteiger partial charge in [0.2, 0.25) is 0 Å². The van der Waals surface area contributed by atoms with Gasteiger partial charge in [-0.1, -0.05) is 18.2 Å². The number of hydrogen-bond acceptors (Lipinski definition) is 3. The molecule has 0 aromatic heterocycles. The molecule has 0 unspecified atom stereocenters. The third kappa shape index (κ3) is 2.27. The number of carbonyl (C=O) groups is 1. The van der Waals surface area contributed by atoms with Gasteiger partial charge < -0.3 is 9.90 Å². The van der Waals surface area contributed by atoms with Crippen molar-refractivity contribution in [1.29, 1.82) is 0 Å². The van der Waals surface area contributed by atoms with Crippen molar-refractivity contribution in [2.45, 2.75) is 5.75 Å². The molecular weight excluding hydrogens is 172 g/mol. The lowest BCUT2D eigenvalue weighted by Crippen LogP contribution is -2.22. The molecule has 0 aliphatic heterocycles. The molecular formula is C9H9O2S-. The largest absolute Gasteiger partial charge is 0.545 e. The molecule has 0 bridgehead atoms. The van der Waals surface area contributed by atoms with Gasteiger partial charge in [-0.2, -0.15) is 11.8 Å². The van der Waals surface area contributed by atoms with Gasteiger partial charge in [-0.15, -0.1) is 0 Å². The predicted octanol–water partition coefficient (Wildman–Crippen LogP) is 0.913. The van der Waals surface area contributed by atoms with Gasteiger partial charge in [0.15, 0.2) is 0 Å². The summed E-state index contributed by atoms with van der Waals surface area (Å²) in [7, 11) is 0. The Hall–Kier alpha value is -0.960. The normalized spacial score (nSPS) is 9.75. The van der Waals surface area contributed by atoms with E-state index in [0.29, 0.717) is 0 Å². The first kappa shape index (κ1) is 9.13. The Morgan fingerprint density at radius 3 is 2.92 bits per heavy atom. The minimum atomic E-state index is -1.11. The first-order chi connectivity index (χ1) is 5.74. The van der Waals surface area contributed by atoms with E-state index in [1.807, 2.05) is 12.3 Å². The molecule has 0 amide bonds. The van der Waals surface area contributed by atoms with E-state index >= 15 is 0 Å². The van der Waals surface area contributed by atoms with Gasteiger partial charge >= 0.3 is 0 Å². The van der Waals surface area contributed by atoms with Gasteiger partial charge in [0.1, 0.15) is 0 Å². The SMILES string of the molecule is CSCc1cccc(C(=O)[O-])c1. The lowest BCUT2D eigenvalue weighted by Gasteiger charge is -2.03. The van der Waals surface area contributed by atoms with Crippen LogP contribution in [0.2, 0.25) is 0 Å². The Balaban J connectivity index is 2.88. The first-order valence-corrected chi connectivity index (χ1v) is 4.92. The third-order valence-corrected chi connectivity index (χ3v) is 2.10.